The van der Waals surface area contributed by atoms with Crippen molar-refractivity contribution in [1.82, 2.24) is 0 Å². The van der Waals surface area contributed by atoms with E-state index in [4.69, 9.17) is 4.74 Å². The predicted octanol–water partition coefficient (Wildman–Crippen LogP) is 3.01. The van der Waals surface area contributed by atoms with Gasteiger partial charge in [-0.25, -0.2) is 0 Å². The highest BCUT2D eigenvalue weighted by molar-refractivity contribution is 5.98. The molecule has 0 spiro atoms. The van der Waals surface area contributed by atoms with E-state index in [2.05, 4.69) is 13.0 Å². The van der Waals surface area contributed by atoms with Gasteiger partial charge in [-0.15, -0.1) is 0 Å². The number of ether oxygens (including phenoxy) is 1. The van der Waals surface area contributed by atoms with Crippen molar-refractivity contribution in [3.8, 4) is 0 Å². The van der Waals surface area contributed by atoms with E-state index < -0.39 is 0 Å². The molecule has 0 radical (unpaired) electrons. The van der Waals surface area contributed by atoms with E-state index in [1.165, 1.54) is 19.3 Å². The molecular formula is C13H20O2. The first-order valence-corrected chi connectivity index (χ1v) is 6.16. The van der Waals surface area contributed by atoms with Crippen molar-refractivity contribution in [2.45, 2.75) is 64.1 Å². The highest BCUT2D eigenvalue weighted by Gasteiger charge is 2.29. The fourth-order valence-corrected chi connectivity index (χ4v) is 2.44. The van der Waals surface area contributed by atoms with Crippen molar-refractivity contribution < 1.29 is 9.53 Å². The highest BCUT2D eigenvalue weighted by atomic mass is 16.5. The molecule has 0 aromatic rings. The number of hydrogen-bond acceptors (Lipinski definition) is 2. The summed E-state index contributed by atoms with van der Waals surface area (Å²) < 4.78 is 5.63. The Hall–Kier alpha value is -0.630. The lowest BCUT2D eigenvalue weighted by Crippen LogP contribution is -2.22. The van der Waals surface area contributed by atoms with E-state index in [1.54, 1.807) is 0 Å². The number of carbonyl (C=O) groups is 1. The third-order valence-electron chi connectivity index (χ3n) is 3.38. The van der Waals surface area contributed by atoms with Crippen LogP contribution in [0.1, 0.15) is 51.9 Å². The number of rotatable bonds is 2. The minimum atomic E-state index is -0.135. The standard InChI is InChI=1S/C13H20O2/c1-10-8-9-12(15-10)13(14)11-6-4-2-3-5-7-11/h6,10,12H,2-5,7-9H2,1H3. The first-order valence-electron chi connectivity index (χ1n) is 6.16. The molecule has 1 aliphatic heterocycles. The van der Waals surface area contributed by atoms with Crippen LogP contribution in [-0.4, -0.2) is 18.0 Å². The fraction of sp³-hybridized carbons (Fsp3) is 0.769. The zero-order chi connectivity index (χ0) is 10.7. The molecular weight excluding hydrogens is 188 g/mol. The number of Topliss-reactive ketones (excluding diaryl/α,β-unsaturated/α-hetero) is 1. The summed E-state index contributed by atoms with van der Waals surface area (Å²) in [6.07, 6.45) is 9.92. The Kier molecular flexibility index (Phi) is 3.57. The van der Waals surface area contributed by atoms with Crippen LogP contribution in [-0.2, 0) is 9.53 Å². The molecule has 1 saturated heterocycles. The van der Waals surface area contributed by atoms with Gasteiger partial charge in [-0.2, -0.15) is 0 Å². The summed E-state index contributed by atoms with van der Waals surface area (Å²) in [5.74, 6) is 0.265. The lowest BCUT2D eigenvalue weighted by molar-refractivity contribution is -0.125. The van der Waals surface area contributed by atoms with Crippen LogP contribution in [0, 0.1) is 0 Å². The van der Waals surface area contributed by atoms with Crippen molar-refractivity contribution in [2.75, 3.05) is 0 Å². The van der Waals surface area contributed by atoms with E-state index >= 15 is 0 Å². The number of hydrogen-bond donors (Lipinski definition) is 0. The molecule has 2 unspecified atom stereocenters. The molecule has 2 atom stereocenters. The summed E-state index contributed by atoms with van der Waals surface area (Å²) in [6.45, 7) is 2.05. The molecule has 0 saturated carbocycles. The molecule has 15 heavy (non-hydrogen) atoms. The summed E-state index contributed by atoms with van der Waals surface area (Å²) in [7, 11) is 0. The van der Waals surface area contributed by atoms with Crippen molar-refractivity contribution >= 4 is 5.78 Å². The zero-order valence-electron chi connectivity index (χ0n) is 9.50. The van der Waals surface area contributed by atoms with Crippen LogP contribution in [0.5, 0.6) is 0 Å². The molecule has 1 fully saturated rings. The lowest BCUT2D eigenvalue weighted by atomic mass is 10.00. The number of allylic oxidation sites excluding steroid dienone is 1. The van der Waals surface area contributed by atoms with Crippen LogP contribution < -0.4 is 0 Å². The molecule has 0 aromatic carbocycles. The van der Waals surface area contributed by atoms with Crippen LogP contribution >= 0.6 is 0 Å². The van der Waals surface area contributed by atoms with Crippen molar-refractivity contribution in [3.05, 3.63) is 11.6 Å². The van der Waals surface area contributed by atoms with Crippen LogP contribution in [0.3, 0.4) is 0 Å². The maximum atomic E-state index is 12.1. The smallest absolute Gasteiger partial charge is 0.187 e. The van der Waals surface area contributed by atoms with Gasteiger partial charge in [0.05, 0.1) is 6.10 Å². The average Bonchev–Trinajstić information content (AvgIpc) is 2.53. The second-order valence-electron chi connectivity index (χ2n) is 4.71. The van der Waals surface area contributed by atoms with Gasteiger partial charge < -0.3 is 4.74 Å². The van der Waals surface area contributed by atoms with Crippen LogP contribution in [0.15, 0.2) is 11.6 Å². The summed E-state index contributed by atoms with van der Waals surface area (Å²) in [5, 5.41) is 0. The fourth-order valence-electron chi connectivity index (χ4n) is 2.44. The van der Waals surface area contributed by atoms with E-state index in [0.29, 0.717) is 0 Å². The topological polar surface area (TPSA) is 26.3 Å². The van der Waals surface area contributed by atoms with E-state index in [9.17, 15) is 4.79 Å². The zero-order valence-corrected chi connectivity index (χ0v) is 9.50. The number of ketones is 1. The van der Waals surface area contributed by atoms with Crippen LogP contribution in [0.25, 0.3) is 0 Å². The van der Waals surface area contributed by atoms with Gasteiger partial charge in [-0.3, -0.25) is 4.79 Å². The predicted molar refractivity (Wildman–Crippen MR) is 59.7 cm³/mol. The van der Waals surface area contributed by atoms with E-state index in [-0.39, 0.29) is 18.0 Å². The van der Waals surface area contributed by atoms with Gasteiger partial charge in [-0.05, 0) is 51.0 Å². The maximum absolute atomic E-state index is 12.1. The molecule has 2 heteroatoms. The van der Waals surface area contributed by atoms with Gasteiger partial charge in [0.25, 0.3) is 0 Å². The van der Waals surface area contributed by atoms with Gasteiger partial charge in [0, 0.05) is 0 Å². The summed E-state index contributed by atoms with van der Waals surface area (Å²) in [5.41, 5.74) is 1.03. The lowest BCUT2D eigenvalue weighted by Gasteiger charge is -2.11. The van der Waals surface area contributed by atoms with Gasteiger partial charge in [0.1, 0.15) is 6.10 Å². The molecule has 1 heterocycles. The van der Waals surface area contributed by atoms with Crippen molar-refractivity contribution in [3.63, 3.8) is 0 Å². The molecule has 1 aliphatic carbocycles. The molecule has 2 rings (SSSR count). The highest BCUT2D eigenvalue weighted by Crippen LogP contribution is 2.25. The SMILES string of the molecule is CC1CCC(C(=O)C2=CCCCCC2)O1. The monoisotopic (exact) mass is 208 g/mol. The quantitative estimate of drug-likeness (QED) is 0.697. The Bertz CT molecular complexity index is 268. The van der Waals surface area contributed by atoms with Crippen molar-refractivity contribution in [1.29, 1.82) is 0 Å². The molecule has 0 amide bonds. The van der Waals surface area contributed by atoms with Gasteiger partial charge in [-0.1, -0.05) is 12.5 Å². The van der Waals surface area contributed by atoms with Gasteiger partial charge in [0.15, 0.2) is 5.78 Å². The minimum absolute atomic E-state index is 0.135. The number of carbonyl (C=O) groups excluding carboxylic acids is 1. The molecule has 0 bridgehead atoms. The van der Waals surface area contributed by atoms with Crippen molar-refractivity contribution in [2.24, 2.45) is 0 Å². The summed E-state index contributed by atoms with van der Waals surface area (Å²) in [4.78, 5) is 12.1. The second kappa shape index (κ2) is 4.93. The van der Waals surface area contributed by atoms with E-state index in [1.807, 2.05) is 0 Å². The van der Waals surface area contributed by atoms with Crippen LogP contribution in [0.2, 0.25) is 0 Å². The van der Waals surface area contributed by atoms with Gasteiger partial charge in [0.2, 0.25) is 0 Å². The second-order valence-corrected chi connectivity index (χ2v) is 4.71. The minimum Gasteiger partial charge on any atom is -0.367 e. The third-order valence-corrected chi connectivity index (χ3v) is 3.38. The van der Waals surface area contributed by atoms with E-state index in [0.717, 1.165) is 31.3 Å². The normalized spacial score (nSPS) is 32.2. The summed E-state index contributed by atoms with van der Waals surface area (Å²) in [6, 6.07) is 0. The first kappa shape index (κ1) is 10.9. The molecule has 0 aromatic heterocycles. The molecule has 84 valence electrons. The first-order chi connectivity index (χ1) is 7.27. The Morgan fingerprint density at radius 1 is 1.33 bits per heavy atom. The largest absolute Gasteiger partial charge is 0.367 e. The molecule has 2 aliphatic rings. The Balaban J connectivity index is 1.97. The average molecular weight is 208 g/mol. The van der Waals surface area contributed by atoms with Gasteiger partial charge >= 0.3 is 0 Å². The molecule has 2 nitrogen and oxygen atoms in total. The Labute approximate surface area is 91.7 Å². The van der Waals surface area contributed by atoms with Crippen LogP contribution in [0.4, 0.5) is 0 Å². The third kappa shape index (κ3) is 2.69. The summed E-state index contributed by atoms with van der Waals surface area (Å²) >= 11 is 0. The Morgan fingerprint density at radius 3 is 2.93 bits per heavy atom. The Morgan fingerprint density at radius 2 is 2.20 bits per heavy atom. The maximum Gasteiger partial charge on any atom is 0.187 e. The molecule has 0 N–H and O–H groups in total.